The Hall–Kier alpha value is -4.26. The lowest BCUT2D eigenvalue weighted by Crippen LogP contribution is -2.43. The van der Waals surface area contributed by atoms with Gasteiger partial charge in [-0.25, -0.2) is 9.18 Å². The van der Waals surface area contributed by atoms with Gasteiger partial charge in [0.2, 0.25) is 5.78 Å². The number of ketones is 1. The van der Waals surface area contributed by atoms with Crippen LogP contribution in [-0.4, -0.2) is 36.5 Å². The van der Waals surface area contributed by atoms with Gasteiger partial charge in [0.1, 0.15) is 11.2 Å². The molecule has 6 nitrogen and oxygen atoms in total. The van der Waals surface area contributed by atoms with Crippen LogP contribution in [0.1, 0.15) is 34.2 Å². The summed E-state index contributed by atoms with van der Waals surface area (Å²) in [4.78, 5) is 40.5. The van der Waals surface area contributed by atoms with Crippen molar-refractivity contribution < 1.29 is 28.2 Å². The maximum atomic E-state index is 14.1. The van der Waals surface area contributed by atoms with Crippen LogP contribution in [-0.2, 0) is 36.3 Å². The highest BCUT2D eigenvalue weighted by Crippen LogP contribution is 2.62. The number of aromatic nitrogens is 1. The summed E-state index contributed by atoms with van der Waals surface area (Å²) in [5.74, 6) is -4.77. The van der Waals surface area contributed by atoms with Gasteiger partial charge in [0.05, 0.1) is 20.1 Å². The zero-order valence-corrected chi connectivity index (χ0v) is 20.0. The fourth-order valence-corrected chi connectivity index (χ4v) is 5.91. The minimum Gasteiger partial charge on any atom is -0.468 e. The van der Waals surface area contributed by atoms with Gasteiger partial charge in [0.25, 0.3) is 0 Å². The number of aryl methyl sites for hydroxylation is 1. The quantitative estimate of drug-likeness (QED) is 0.310. The summed E-state index contributed by atoms with van der Waals surface area (Å²) in [6.07, 6.45) is 0. The molecule has 1 aromatic heterocycles. The summed E-state index contributed by atoms with van der Waals surface area (Å²) in [6.45, 7) is 0. The summed E-state index contributed by atoms with van der Waals surface area (Å²) >= 11 is 0. The van der Waals surface area contributed by atoms with Gasteiger partial charge in [-0.3, -0.25) is 9.59 Å². The second kappa shape index (κ2) is 8.75. The van der Waals surface area contributed by atoms with Crippen LogP contribution in [0.5, 0.6) is 0 Å². The first-order valence-corrected chi connectivity index (χ1v) is 11.5. The fourth-order valence-electron chi connectivity index (χ4n) is 5.91. The summed E-state index contributed by atoms with van der Waals surface area (Å²) in [5.41, 5.74) is 1.45. The number of para-hydroxylation sites is 1. The Labute approximate surface area is 207 Å². The average molecular weight is 486 g/mol. The number of benzene rings is 3. The lowest BCUT2D eigenvalue weighted by atomic mass is 9.64. The van der Waals surface area contributed by atoms with E-state index in [0.29, 0.717) is 22.4 Å². The van der Waals surface area contributed by atoms with Crippen LogP contribution in [0, 0.1) is 5.82 Å². The van der Waals surface area contributed by atoms with Gasteiger partial charge < -0.3 is 14.0 Å². The molecular weight excluding hydrogens is 461 g/mol. The van der Waals surface area contributed by atoms with E-state index in [-0.39, 0.29) is 0 Å². The molecule has 5 rings (SSSR count). The van der Waals surface area contributed by atoms with Gasteiger partial charge in [0, 0.05) is 35.1 Å². The molecule has 1 heterocycles. The second-order valence-electron chi connectivity index (χ2n) is 8.86. The number of esters is 2. The second-order valence-corrected chi connectivity index (χ2v) is 8.86. The molecule has 0 radical (unpaired) electrons. The van der Waals surface area contributed by atoms with E-state index in [4.69, 9.17) is 9.47 Å². The molecule has 3 aromatic carbocycles. The Morgan fingerprint density at radius 2 is 1.50 bits per heavy atom. The van der Waals surface area contributed by atoms with Crippen molar-refractivity contribution in [3.63, 3.8) is 0 Å². The third kappa shape index (κ3) is 3.12. The molecule has 36 heavy (non-hydrogen) atoms. The molecule has 0 spiro atoms. The lowest BCUT2D eigenvalue weighted by molar-refractivity contribution is -0.153. The van der Waals surface area contributed by atoms with Gasteiger partial charge in [-0.05, 0) is 29.3 Å². The first-order valence-electron chi connectivity index (χ1n) is 11.5. The van der Waals surface area contributed by atoms with Gasteiger partial charge in [-0.1, -0.05) is 60.7 Å². The first kappa shape index (κ1) is 23.5. The number of rotatable bonds is 5. The molecule has 1 aliphatic carbocycles. The average Bonchev–Trinajstić information content (AvgIpc) is 3.39. The van der Waals surface area contributed by atoms with Gasteiger partial charge in [-0.2, -0.15) is 0 Å². The molecule has 4 aromatic rings. The summed E-state index contributed by atoms with van der Waals surface area (Å²) < 4.78 is 26.2. The minimum atomic E-state index is -1.55. The Morgan fingerprint density at radius 3 is 2.14 bits per heavy atom. The van der Waals surface area contributed by atoms with Gasteiger partial charge in [0.15, 0.2) is 0 Å². The normalized spacial score (nSPS) is 20.7. The zero-order chi connectivity index (χ0) is 25.6. The molecule has 0 unspecified atom stereocenters. The van der Waals surface area contributed by atoms with E-state index in [1.54, 1.807) is 19.2 Å². The monoisotopic (exact) mass is 485 g/mol. The van der Waals surface area contributed by atoms with E-state index in [1.165, 1.54) is 19.2 Å². The number of ether oxygens (including phenoxy) is 2. The Bertz CT molecular complexity index is 1490. The van der Waals surface area contributed by atoms with Crippen LogP contribution in [0.3, 0.4) is 0 Å². The number of carbonyl (C=O) groups is 3. The SMILES string of the molecule is COC(=O)C(=O)[C@H]1c2c(c3ccccc3n2C)[C@@](C(=O)OC)(c2ccc(F)cc2)[C@@H]1c1ccccc1. The van der Waals surface area contributed by atoms with Crippen molar-refractivity contribution in [2.45, 2.75) is 17.3 Å². The number of halogens is 1. The third-order valence-corrected chi connectivity index (χ3v) is 7.28. The zero-order valence-electron chi connectivity index (χ0n) is 20.0. The molecule has 1 aliphatic rings. The van der Waals surface area contributed by atoms with Gasteiger partial charge >= 0.3 is 11.9 Å². The van der Waals surface area contributed by atoms with Gasteiger partial charge in [-0.15, -0.1) is 0 Å². The molecule has 0 amide bonds. The van der Waals surface area contributed by atoms with E-state index in [0.717, 1.165) is 18.0 Å². The molecule has 0 aliphatic heterocycles. The summed E-state index contributed by atoms with van der Waals surface area (Å²) in [7, 11) is 4.25. The molecule has 3 atom stereocenters. The van der Waals surface area contributed by atoms with Crippen LogP contribution in [0.2, 0.25) is 0 Å². The number of fused-ring (bicyclic) bond motifs is 3. The van der Waals surface area contributed by atoms with E-state index < -0.39 is 40.8 Å². The molecule has 0 saturated heterocycles. The molecule has 0 fully saturated rings. The highest BCUT2D eigenvalue weighted by Gasteiger charge is 2.64. The maximum absolute atomic E-state index is 14.1. The van der Waals surface area contributed by atoms with Crippen LogP contribution in [0.25, 0.3) is 10.9 Å². The number of Topliss-reactive ketones (excluding diaryl/α,β-unsaturated/α-hetero) is 1. The van der Waals surface area contributed by atoms with E-state index >= 15 is 0 Å². The van der Waals surface area contributed by atoms with E-state index in [1.807, 2.05) is 59.2 Å². The topological polar surface area (TPSA) is 74.6 Å². The molecule has 0 bridgehead atoms. The Morgan fingerprint density at radius 1 is 0.861 bits per heavy atom. The van der Waals surface area contributed by atoms with Crippen molar-refractivity contribution >= 4 is 28.6 Å². The third-order valence-electron chi connectivity index (χ3n) is 7.28. The van der Waals surface area contributed by atoms with E-state index in [2.05, 4.69) is 0 Å². The number of hydrogen-bond donors (Lipinski definition) is 0. The smallest absolute Gasteiger partial charge is 0.375 e. The predicted octanol–water partition coefficient (Wildman–Crippen LogP) is 4.40. The van der Waals surface area contributed by atoms with Crippen molar-refractivity contribution in [1.82, 2.24) is 4.57 Å². The summed E-state index contributed by atoms with van der Waals surface area (Å²) in [6, 6.07) is 22.2. The van der Waals surface area contributed by atoms with Crippen molar-refractivity contribution in [3.05, 3.63) is 107 Å². The highest BCUT2D eigenvalue weighted by molar-refractivity contribution is 6.36. The standard InChI is InChI=1S/C29H24FNO5/c1-31-21-12-8-7-11-20(21)24-25(31)22(26(32)27(33)35-2)23(17-9-5-4-6-10-17)29(24,28(34)36-3)18-13-15-19(30)16-14-18/h4-16,22-23H,1-3H3/t22-,23-,29-/m1/s1. The van der Waals surface area contributed by atoms with Crippen molar-refractivity contribution in [2.24, 2.45) is 7.05 Å². The first-order chi connectivity index (χ1) is 17.4. The van der Waals surface area contributed by atoms with Crippen molar-refractivity contribution in [3.8, 4) is 0 Å². The molecule has 0 N–H and O–H groups in total. The Balaban J connectivity index is 2.00. The Kier molecular flexibility index (Phi) is 5.71. The molecule has 0 saturated carbocycles. The van der Waals surface area contributed by atoms with E-state index in [9.17, 15) is 18.8 Å². The number of carbonyl (C=O) groups excluding carboxylic acids is 3. The fraction of sp³-hybridized carbons (Fsp3) is 0.207. The van der Waals surface area contributed by atoms with Crippen LogP contribution >= 0.6 is 0 Å². The molecular formula is C29H24FNO5. The minimum absolute atomic E-state index is 0.461. The predicted molar refractivity (Wildman–Crippen MR) is 131 cm³/mol. The summed E-state index contributed by atoms with van der Waals surface area (Å²) in [5, 5.41) is 0.742. The molecule has 7 heteroatoms. The largest absolute Gasteiger partial charge is 0.468 e. The number of methoxy groups -OCH3 is 2. The van der Waals surface area contributed by atoms with Crippen molar-refractivity contribution in [2.75, 3.05) is 14.2 Å². The molecule has 182 valence electrons. The highest BCUT2D eigenvalue weighted by atomic mass is 19.1. The van der Waals surface area contributed by atoms with Crippen LogP contribution < -0.4 is 0 Å². The van der Waals surface area contributed by atoms with Crippen LogP contribution in [0.4, 0.5) is 4.39 Å². The number of nitrogens with zero attached hydrogens (tertiary/aromatic N) is 1. The number of hydrogen-bond acceptors (Lipinski definition) is 5. The maximum Gasteiger partial charge on any atom is 0.375 e. The lowest BCUT2D eigenvalue weighted by Gasteiger charge is -2.36. The van der Waals surface area contributed by atoms with Crippen molar-refractivity contribution in [1.29, 1.82) is 0 Å². The van der Waals surface area contributed by atoms with Crippen LogP contribution in [0.15, 0.2) is 78.9 Å².